The third-order valence-electron chi connectivity index (χ3n) is 2.35. The Morgan fingerprint density at radius 2 is 1.83 bits per heavy atom. The molecule has 0 saturated heterocycles. The quantitative estimate of drug-likeness (QED) is 0.900. The van der Waals surface area contributed by atoms with Gasteiger partial charge in [0.25, 0.3) is 0 Å². The van der Waals surface area contributed by atoms with Crippen molar-refractivity contribution in [3.05, 3.63) is 58.3 Å². The van der Waals surface area contributed by atoms with Gasteiger partial charge in [-0.25, -0.2) is 9.18 Å². The van der Waals surface area contributed by atoms with Crippen molar-refractivity contribution in [1.29, 1.82) is 0 Å². The molecular formula is C13H9BrFNO2. The van der Waals surface area contributed by atoms with Gasteiger partial charge in [-0.1, -0.05) is 22.0 Å². The average molecular weight is 310 g/mol. The van der Waals surface area contributed by atoms with Crippen molar-refractivity contribution in [1.82, 2.24) is 0 Å². The molecule has 0 saturated carbocycles. The summed E-state index contributed by atoms with van der Waals surface area (Å²) in [6, 6.07) is 11.2. The molecule has 0 bridgehead atoms. The number of nitrogens with one attached hydrogen (secondary N) is 1. The Bertz CT molecular complexity index is 584. The highest BCUT2D eigenvalue weighted by Crippen LogP contribution is 2.24. The number of anilines is 2. The Morgan fingerprint density at radius 3 is 2.44 bits per heavy atom. The summed E-state index contributed by atoms with van der Waals surface area (Å²) in [5.41, 5.74) is 0.552. The zero-order valence-electron chi connectivity index (χ0n) is 9.15. The molecule has 0 aliphatic heterocycles. The molecule has 18 heavy (non-hydrogen) atoms. The monoisotopic (exact) mass is 309 g/mol. The molecule has 0 aliphatic rings. The summed E-state index contributed by atoms with van der Waals surface area (Å²) in [6.07, 6.45) is 0. The molecule has 3 nitrogen and oxygen atoms in total. The van der Waals surface area contributed by atoms with E-state index in [1.807, 2.05) is 12.1 Å². The highest BCUT2D eigenvalue weighted by Gasteiger charge is 2.15. The van der Waals surface area contributed by atoms with E-state index in [0.29, 0.717) is 5.69 Å². The molecular weight excluding hydrogens is 301 g/mol. The van der Waals surface area contributed by atoms with E-state index in [1.165, 1.54) is 12.1 Å². The molecule has 0 fully saturated rings. The highest BCUT2D eigenvalue weighted by molar-refractivity contribution is 9.10. The fourth-order valence-electron chi connectivity index (χ4n) is 1.53. The zero-order chi connectivity index (χ0) is 13.1. The minimum absolute atomic E-state index is 0.227. The maximum atomic E-state index is 13.4. The van der Waals surface area contributed by atoms with Crippen LogP contribution in [-0.2, 0) is 0 Å². The second-order valence-electron chi connectivity index (χ2n) is 3.60. The lowest BCUT2D eigenvalue weighted by molar-refractivity contribution is 0.0693. The topological polar surface area (TPSA) is 49.3 Å². The number of aromatic carboxylic acids is 1. The summed E-state index contributed by atoms with van der Waals surface area (Å²) in [5.74, 6) is -2.06. The maximum absolute atomic E-state index is 13.4. The molecule has 2 rings (SSSR count). The van der Waals surface area contributed by atoms with E-state index in [1.54, 1.807) is 12.1 Å². The fourth-order valence-corrected chi connectivity index (χ4v) is 1.80. The van der Waals surface area contributed by atoms with Crippen molar-refractivity contribution in [3.63, 3.8) is 0 Å². The van der Waals surface area contributed by atoms with Crippen LogP contribution < -0.4 is 5.32 Å². The molecule has 5 heteroatoms. The Hall–Kier alpha value is -1.88. The first-order valence-corrected chi connectivity index (χ1v) is 5.91. The molecule has 0 spiro atoms. The molecule has 2 aromatic carbocycles. The summed E-state index contributed by atoms with van der Waals surface area (Å²) >= 11 is 3.30. The minimum Gasteiger partial charge on any atom is -0.478 e. The van der Waals surface area contributed by atoms with Gasteiger partial charge in [0, 0.05) is 10.2 Å². The third-order valence-corrected chi connectivity index (χ3v) is 2.88. The summed E-state index contributed by atoms with van der Waals surface area (Å²) in [4.78, 5) is 11.0. The Labute approximate surface area is 111 Å². The zero-order valence-corrected chi connectivity index (χ0v) is 10.7. The molecule has 0 atom stereocenters. The van der Waals surface area contributed by atoms with Gasteiger partial charge < -0.3 is 10.4 Å². The molecule has 0 amide bonds. The average Bonchev–Trinajstić information content (AvgIpc) is 2.32. The van der Waals surface area contributed by atoms with Crippen LogP contribution in [0.4, 0.5) is 15.8 Å². The molecule has 0 heterocycles. The largest absolute Gasteiger partial charge is 0.478 e. The van der Waals surface area contributed by atoms with Crippen LogP contribution in [0, 0.1) is 5.82 Å². The van der Waals surface area contributed by atoms with E-state index in [-0.39, 0.29) is 11.3 Å². The molecule has 0 aromatic heterocycles. The molecule has 0 aliphatic carbocycles. The van der Waals surface area contributed by atoms with Gasteiger partial charge in [0.2, 0.25) is 0 Å². The van der Waals surface area contributed by atoms with Crippen LogP contribution in [0.25, 0.3) is 0 Å². The number of hydrogen-bond donors (Lipinski definition) is 2. The van der Waals surface area contributed by atoms with Crippen molar-refractivity contribution in [2.45, 2.75) is 0 Å². The van der Waals surface area contributed by atoms with Crippen LogP contribution >= 0.6 is 15.9 Å². The van der Waals surface area contributed by atoms with Crippen LogP contribution in [0.2, 0.25) is 0 Å². The van der Waals surface area contributed by atoms with Crippen molar-refractivity contribution >= 4 is 33.3 Å². The van der Waals surface area contributed by atoms with Crippen molar-refractivity contribution in [3.8, 4) is 0 Å². The summed E-state index contributed by atoms with van der Waals surface area (Å²) < 4.78 is 14.3. The van der Waals surface area contributed by atoms with Crippen LogP contribution in [0.5, 0.6) is 0 Å². The summed E-state index contributed by atoms with van der Waals surface area (Å²) in [5, 5.41) is 11.9. The van der Waals surface area contributed by atoms with E-state index in [9.17, 15) is 9.18 Å². The van der Waals surface area contributed by atoms with Crippen LogP contribution in [-0.4, -0.2) is 11.1 Å². The van der Waals surface area contributed by atoms with Gasteiger partial charge in [0.05, 0.1) is 5.69 Å². The maximum Gasteiger partial charge on any atom is 0.340 e. The van der Waals surface area contributed by atoms with E-state index in [0.717, 1.165) is 10.5 Å². The fraction of sp³-hybridized carbons (Fsp3) is 0. The Balaban J connectivity index is 2.37. The Morgan fingerprint density at radius 1 is 1.17 bits per heavy atom. The summed E-state index contributed by atoms with van der Waals surface area (Å²) in [7, 11) is 0. The number of carbonyl (C=O) groups is 1. The van der Waals surface area contributed by atoms with Crippen molar-refractivity contribution < 1.29 is 14.3 Å². The number of halogens is 2. The highest BCUT2D eigenvalue weighted by atomic mass is 79.9. The SMILES string of the molecule is O=C(O)c1c(F)cccc1Nc1ccc(Br)cc1. The van der Waals surface area contributed by atoms with Crippen molar-refractivity contribution in [2.24, 2.45) is 0 Å². The van der Waals surface area contributed by atoms with Gasteiger partial charge in [0.15, 0.2) is 0 Å². The van der Waals surface area contributed by atoms with E-state index >= 15 is 0 Å². The van der Waals surface area contributed by atoms with Gasteiger partial charge in [-0.05, 0) is 36.4 Å². The number of hydrogen-bond acceptors (Lipinski definition) is 2. The molecule has 2 N–H and O–H groups in total. The van der Waals surface area contributed by atoms with Crippen LogP contribution in [0.15, 0.2) is 46.9 Å². The molecule has 92 valence electrons. The predicted molar refractivity (Wildman–Crippen MR) is 70.8 cm³/mol. The van der Waals surface area contributed by atoms with Gasteiger partial charge >= 0.3 is 5.97 Å². The second kappa shape index (κ2) is 5.18. The van der Waals surface area contributed by atoms with E-state index in [4.69, 9.17) is 5.11 Å². The lowest BCUT2D eigenvalue weighted by atomic mass is 10.1. The van der Waals surface area contributed by atoms with E-state index < -0.39 is 11.8 Å². The number of benzene rings is 2. The number of carboxylic acids is 1. The lowest BCUT2D eigenvalue weighted by Gasteiger charge is -2.10. The standard InChI is InChI=1S/C13H9BrFNO2/c14-8-4-6-9(7-5-8)16-11-3-1-2-10(15)12(11)13(17)18/h1-7,16H,(H,17,18). The molecule has 0 unspecified atom stereocenters. The summed E-state index contributed by atoms with van der Waals surface area (Å²) in [6.45, 7) is 0. The predicted octanol–water partition coefficient (Wildman–Crippen LogP) is 4.03. The molecule has 2 aromatic rings. The minimum atomic E-state index is -1.30. The first-order valence-electron chi connectivity index (χ1n) is 5.12. The number of carboxylic acid groups (broad SMARTS) is 1. The van der Waals surface area contributed by atoms with Crippen LogP contribution in [0.1, 0.15) is 10.4 Å². The van der Waals surface area contributed by atoms with Gasteiger partial charge in [-0.2, -0.15) is 0 Å². The smallest absolute Gasteiger partial charge is 0.340 e. The van der Waals surface area contributed by atoms with Gasteiger partial charge in [0.1, 0.15) is 11.4 Å². The Kier molecular flexibility index (Phi) is 3.62. The van der Waals surface area contributed by atoms with Crippen molar-refractivity contribution in [2.75, 3.05) is 5.32 Å². The lowest BCUT2D eigenvalue weighted by Crippen LogP contribution is -2.05. The van der Waals surface area contributed by atoms with Crippen LogP contribution in [0.3, 0.4) is 0 Å². The van der Waals surface area contributed by atoms with Gasteiger partial charge in [-0.3, -0.25) is 0 Å². The van der Waals surface area contributed by atoms with E-state index in [2.05, 4.69) is 21.2 Å². The second-order valence-corrected chi connectivity index (χ2v) is 4.52. The van der Waals surface area contributed by atoms with Gasteiger partial charge in [-0.15, -0.1) is 0 Å². The first kappa shape index (κ1) is 12.6. The normalized spacial score (nSPS) is 10.1. The number of rotatable bonds is 3. The third kappa shape index (κ3) is 2.68. The molecule has 0 radical (unpaired) electrons. The first-order chi connectivity index (χ1) is 8.58.